The molecule has 3 nitrogen and oxygen atoms in total. The van der Waals surface area contributed by atoms with Crippen LogP contribution in [0.2, 0.25) is 0 Å². The van der Waals surface area contributed by atoms with Gasteiger partial charge in [-0.15, -0.1) is 11.3 Å². The van der Waals surface area contributed by atoms with Crippen LogP contribution in [0.1, 0.15) is 28.3 Å². The summed E-state index contributed by atoms with van der Waals surface area (Å²) in [4.78, 5) is 2.53. The van der Waals surface area contributed by atoms with E-state index in [0.29, 0.717) is 5.56 Å². The topological polar surface area (TPSA) is 52.5 Å². The van der Waals surface area contributed by atoms with Gasteiger partial charge in [0.15, 0.2) is 0 Å². The molecule has 0 saturated heterocycles. The zero-order chi connectivity index (χ0) is 13.1. The molecule has 96 valence electrons. The Morgan fingerprint density at radius 2 is 1.83 bits per heavy atom. The number of phenols is 2. The number of rotatable bonds is 4. The molecular formula is C14H17NO2S. The first-order valence-corrected chi connectivity index (χ1v) is 6.69. The van der Waals surface area contributed by atoms with Crippen LogP contribution in [0, 0.1) is 6.92 Å². The minimum absolute atomic E-state index is 0.103. The van der Waals surface area contributed by atoms with E-state index in [2.05, 4.69) is 24.4 Å². The van der Waals surface area contributed by atoms with Crippen molar-refractivity contribution in [2.45, 2.75) is 26.4 Å². The Morgan fingerprint density at radius 3 is 2.39 bits per heavy atom. The van der Waals surface area contributed by atoms with Crippen molar-refractivity contribution in [2.75, 3.05) is 0 Å². The van der Waals surface area contributed by atoms with E-state index in [9.17, 15) is 10.2 Å². The molecule has 3 N–H and O–H groups in total. The lowest BCUT2D eigenvalue weighted by Gasteiger charge is -2.16. The molecule has 1 aromatic heterocycles. The third-order valence-corrected chi connectivity index (χ3v) is 3.87. The molecule has 0 aliphatic heterocycles. The summed E-state index contributed by atoms with van der Waals surface area (Å²) in [7, 11) is 0. The highest BCUT2D eigenvalue weighted by atomic mass is 32.1. The fourth-order valence-corrected chi connectivity index (χ4v) is 2.76. The number of phenolic OH excluding ortho intramolecular Hbond substituents is 2. The minimum Gasteiger partial charge on any atom is -0.507 e. The van der Waals surface area contributed by atoms with Crippen molar-refractivity contribution < 1.29 is 10.2 Å². The number of thiophene rings is 1. The van der Waals surface area contributed by atoms with Crippen molar-refractivity contribution in [1.29, 1.82) is 0 Å². The molecule has 4 heteroatoms. The Hall–Kier alpha value is -1.52. The van der Waals surface area contributed by atoms with Gasteiger partial charge in [-0.3, -0.25) is 0 Å². The predicted octanol–water partition coefficient (Wildman–Crippen LogP) is 3.32. The van der Waals surface area contributed by atoms with Crippen molar-refractivity contribution in [3.63, 3.8) is 0 Å². The first-order chi connectivity index (χ1) is 8.58. The monoisotopic (exact) mass is 263 g/mol. The zero-order valence-electron chi connectivity index (χ0n) is 10.5. The molecular weight excluding hydrogens is 246 g/mol. The third-order valence-electron chi connectivity index (χ3n) is 2.87. The smallest absolute Gasteiger partial charge is 0.124 e. The Balaban J connectivity index is 2.06. The van der Waals surface area contributed by atoms with Gasteiger partial charge in [-0.2, -0.15) is 0 Å². The number of hydrogen-bond acceptors (Lipinski definition) is 4. The first-order valence-electron chi connectivity index (χ1n) is 5.87. The highest BCUT2D eigenvalue weighted by Gasteiger charge is 2.14. The zero-order valence-corrected chi connectivity index (χ0v) is 11.3. The molecule has 0 spiro atoms. The number of aryl methyl sites for hydroxylation is 1. The van der Waals surface area contributed by atoms with Crippen molar-refractivity contribution in [3.8, 4) is 11.5 Å². The molecule has 0 aliphatic rings. The lowest BCUT2D eigenvalue weighted by molar-refractivity contribution is 0.418. The van der Waals surface area contributed by atoms with Gasteiger partial charge in [0.25, 0.3) is 0 Å². The van der Waals surface area contributed by atoms with Crippen LogP contribution in [0.25, 0.3) is 0 Å². The molecule has 2 aromatic rings. The van der Waals surface area contributed by atoms with E-state index in [4.69, 9.17) is 0 Å². The summed E-state index contributed by atoms with van der Waals surface area (Å²) in [5, 5.41) is 22.8. The summed E-state index contributed by atoms with van der Waals surface area (Å²) in [6, 6.07) is 8.87. The maximum Gasteiger partial charge on any atom is 0.124 e. The van der Waals surface area contributed by atoms with Gasteiger partial charge in [0.1, 0.15) is 11.5 Å². The maximum atomic E-state index is 9.77. The van der Waals surface area contributed by atoms with Crippen LogP contribution in [-0.4, -0.2) is 10.2 Å². The minimum atomic E-state index is -0.103. The quantitative estimate of drug-likeness (QED) is 0.793. The van der Waals surface area contributed by atoms with Gasteiger partial charge in [-0.25, -0.2) is 0 Å². The van der Waals surface area contributed by atoms with E-state index in [1.807, 2.05) is 6.92 Å². The van der Waals surface area contributed by atoms with Crippen LogP contribution >= 0.6 is 11.3 Å². The summed E-state index contributed by atoms with van der Waals surface area (Å²) in [6.07, 6.45) is 0. The van der Waals surface area contributed by atoms with E-state index < -0.39 is 0 Å². The normalized spacial score (nSPS) is 12.6. The Morgan fingerprint density at radius 1 is 1.17 bits per heavy atom. The molecule has 0 aliphatic carbocycles. The fourth-order valence-electron chi connectivity index (χ4n) is 1.92. The van der Waals surface area contributed by atoms with Crippen LogP contribution in [-0.2, 0) is 6.54 Å². The van der Waals surface area contributed by atoms with Gasteiger partial charge >= 0.3 is 0 Å². The number of nitrogens with one attached hydrogen (secondary N) is 1. The molecule has 0 fully saturated rings. The molecule has 18 heavy (non-hydrogen) atoms. The summed E-state index contributed by atoms with van der Waals surface area (Å²) >= 11 is 1.75. The van der Waals surface area contributed by atoms with Gasteiger partial charge < -0.3 is 15.5 Å². The summed E-state index contributed by atoms with van der Waals surface area (Å²) in [6.45, 7) is 4.73. The SMILES string of the molecule is Cc1ccc(CNC(C)c2c(O)cccc2O)s1. The lowest BCUT2D eigenvalue weighted by atomic mass is 10.1. The van der Waals surface area contributed by atoms with E-state index in [0.717, 1.165) is 6.54 Å². The molecule has 0 bridgehead atoms. The molecule has 2 rings (SSSR count). The molecule has 1 unspecified atom stereocenters. The second-order valence-electron chi connectivity index (χ2n) is 4.32. The average Bonchev–Trinajstić information content (AvgIpc) is 2.72. The summed E-state index contributed by atoms with van der Waals surface area (Å²) in [5.74, 6) is 0.245. The van der Waals surface area contributed by atoms with E-state index in [1.165, 1.54) is 9.75 Å². The van der Waals surface area contributed by atoms with Crippen molar-refractivity contribution in [3.05, 3.63) is 45.6 Å². The van der Waals surface area contributed by atoms with E-state index in [-0.39, 0.29) is 17.5 Å². The van der Waals surface area contributed by atoms with Crippen LogP contribution in [0.4, 0.5) is 0 Å². The Labute approximate surface area is 111 Å². The predicted molar refractivity (Wildman–Crippen MR) is 74.1 cm³/mol. The van der Waals surface area contributed by atoms with Crippen LogP contribution in [0.3, 0.4) is 0 Å². The van der Waals surface area contributed by atoms with E-state index >= 15 is 0 Å². The molecule has 1 heterocycles. The van der Waals surface area contributed by atoms with Gasteiger partial charge in [-0.1, -0.05) is 6.07 Å². The molecule has 0 saturated carbocycles. The molecule has 1 aromatic carbocycles. The summed E-state index contributed by atoms with van der Waals surface area (Å²) in [5.41, 5.74) is 0.547. The van der Waals surface area contributed by atoms with Gasteiger partial charge in [0.2, 0.25) is 0 Å². The first kappa shape index (κ1) is 12.9. The van der Waals surface area contributed by atoms with Crippen LogP contribution in [0.15, 0.2) is 30.3 Å². The maximum absolute atomic E-state index is 9.77. The molecule has 0 amide bonds. The van der Waals surface area contributed by atoms with Gasteiger partial charge in [0, 0.05) is 22.3 Å². The van der Waals surface area contributed by atoms with Crippen molar-refractivity contribution in [2.24, 2.45) is 0 Å². The second-order valence-corrected chi connectivity index (χ2v) is 5.70. The third kappa shape index (κ3) is 2.83. The van der Waals surface area contributed by atoms with Gasteiger partial charge in [0.05, 0.1) is 5.56 Å². The van der Waals surface area contributed by atoms with Gasteiger partial charge in [-0.05, 0) is 38.1 Å². The Kier molecular flexibility index (Phi) is 3.89. The highest BCUT2D eigenvalue weighted by Crippen LogP contribution is 2.32. The number of aromatic hydroxyl groups is 2. The van der Waals surface area contributed by atoms with Crippen LogP contribution in [0.5, 0.6) is 11.5 Å². The number of benzene rings is 1. The molecule has 1 atom stereocenters. The lowest BCUT2D eigenvalue weighted by Crippen LogP contribution is -2.17. The van der Waals surface area contributed by atoms with Crippen LogP contribution < -0.4 is 5.32 Å². The fraction of sp³-hybridized carbons (Fsp3) is 0.286. The standard InChI is InChI=1S/C14H17NO2S/c1-9-6-7-11(18-9)8-15-10(2)14-12(16)4-3-5-13(14)17/h3-7,10,15-17H,8H2,1-2H3. The second kappa shape index (κ2) is 5.42. The summed E-state index contributed by atoms with van der Waals surface area (Å²) < 4.78 is 0. The highest BCUT2D eigenvalue weighted by molar-refractivity contribution is 7.11. The van der Waals surface area contributed by atoms with Crippen molar-refractivity contribution in [1.82, 2.24) is 5.32 Å². The Bertz CT molecular complexity index is 516. The van der Waals surface area contributed by atoms with Crippen molar-refractivity contribution >= 4 is 11.3 Å². The molecule has 0 radical (unpaired) electrons. The van der Waals surface area contributed by atoms with E-state index in [1.54, 1.807) is 29.5 Å². The average molecular weight is 263 g/mol. The number of hydrogen-bond donors (Lipinski definition) is 3. The largest absolute Gasteiger partial charge is 0.507 e.